The van der Waals surface area contributed by atoms with Gasteiger partial charge in [-0.3, -0.25) is 19.4 Å². The van der Waals surface area contributed by atoms with Crippen LogP contribution in [0.4, 0.5) is 4.79 Å². The molecule has 0 N–H and O–H groups in total. The van der Waals surface area contributed by atoms with Crippen molar-refractivity contribution < 1.29 is 23.5 Å². The number of ether oxygens (including phenoxy) is 1. The molecule has 2 aliphatic rings. The van der Waals surface area contributed by atoms with E-state index in [2.05, 4.69) is 40.4 Å². The number of hydrogen-bond acceptors (Lipinski definition) is 5. The number of carbonyl (C=O) groups excluding carboxylic acids is 3. The molecule has 0 aliphatic carbocycles. The summed E-state index contributed by atoms with van der Waals surface area (Å²) in [4.78, 5) is 41.1. The summed E-state index contributed by atoms with van der Waals surface area (Å²) in [6, 6.07) is 6.61. The molecule has 8 heteroatoms. The van der Waals surface area contributed by atoms with E-state index < -0.39 is 14.4 Å². The smallest absolute Gasteiger partial charge is 0.410 e. The Morgan fingerprint density at radius 3 is 2.29 bits per heavy atom. The maximum Gasteiger partial charge on any atom is 0.410 e. The molecule has 1 aromatic carbocycles. The van der Waals surface area contributed by atoms with Gasteiger partial charge in [-0.05, 0) is 43.6 Å². The summed E-state index contributed by atoms with van der Waals surface area (Å²) in [6.07, 6.45) is 3.51. The molecule has 0 radical (unpaired) electrons. The van der Waals surface area contributed by atoms with Crippen molar-refractivity contribution in [2.45, 2.75) is 64.4 Å². The zero-order chi connectivity index (χ0) is 25.3. The van der Waals surface area contributed by atoms with Crippen molar-refractivity contribution in [1.82, 2.24) is 9.80 Å². The zero-order valence-electron chi connectivity index (χ0n) is 21.1. The highest BCUT2D eigenvalue weighted by molar-refractivity contribution is 6.74. The van der Waals surface area contributed by atoms with Crippen molar-refractivity contribution >= 4 is 26.2 Å². The number of likely N-dealkylation sites (tertiary alicyclic amines) is 1. The van der Waals surface area contributed by atoms with E-state index in [0.29, 0.717) is 24.1 Å². The van der Waals surface area contributed by atoms with Crippen molar-refractivity contribution in [2.75, 3.05) is 19.7 Å². The fraction of sp³-hybridized carbons (Fsp3) is 0.500. The minimum atomic E-state index is -2.03. The Bertz CT molecular complexity index is 976. The Balaban J connectivity index is 1.77. The van der Waals surface area contributed by atoms with E-state index in [-0.39, 0.29) is 42.2 Å². The van der Waals surface area contributed by atoms with Crippen LogP contribution in [0.15, 0.2) is 48.6 Å². The second-order valence-corrected chi connectivity index (χ2v) is 15.2. The van der Waals surface area contributed by atoms with Crippen molar-refractivity contribution in [3.63, 3.8) is 0 Å². The molecule has 0 bridgehead atoms. The first kappa shape index (κ1) is 25.9. The van der Waals surface area contributed by atoms with Crippen molar-refractivity contribution in [2.24, 2.45) is 0 Å². The molecule has 2 atom stereocenters. The van der Waals surface area contributed by atoms with Crippen LogP contribution in [0.5, 0.6) is 0 Å². The van der Waals surface area contributed by atoms with Gasteiger partial charge in [-0.1, -0.05) is 57.2 Å². The Hall–Kier alpha value is -2.71. The summed E-state index contributed by atoms with van der Waals surface area (Å²) < 4.78 is 11.9. The number of fused-ring (bicyclic) bond motifs is 1. The van der Waals surface area contributed by atoms with Crippen LogP contribution in [0.1, 0.15) is 54.8 Å². The Kier molecular flexibility index (Phi) is 7.52. The van der Waals surface area contributed by atoms with Gasteiger partial charge in [0.2, 0.25) is 0 Å². The van der Waals surface area contributed by atoms with E-state index >= 15 is 0 Å². The topological polar surface area (TPSA) is 76.2 Å². The van der Waals surface area contributed by atoms with Gasteiger partial charge in [-0.2, -0.15) is 0 Å². The first-order valence-electron chi connectivity index (χ1n) is 11.7. The van der Waals surface area contributed by atoms with Crippen LogP contribution in [0.25, 0.3) is 0 Å². The highest BCUT2D eigenvalue weighted by atomic mass is 28.4. The third-order valence-corrected chi connectivity index (χ3v) is 11.6. The minimum Gasteiger partial charge on any atom is -0.445 e. The van der Waals surface area contributed by atoms with E-state index in [0.717, 1.165) is 5.57 Å². The van der Waals surface area contributed by atoms with Crippen molar-refractivity contribution in [1.29, 1.82) is 0 Å². The first-order chi connectivity index (χ1) is 15.9. The molecular weight excluding hydrogens is 448 g/mol. The minimum absolute atomic E-state index is 0.0512. The quantitative estimate of drug-likeness (QED) is 0.309. The monoisotopic (exact) mass is 484 g/mol. The number of hydrogen-bond donors (Lipinski definition) is 0. The lowest BCUT2D eigenvalue weighted by atomic mass is 10.1. The second kappa shape index (κ2) is 9.88. The van der Waals surface area contributed by atoms with E-state index in [1.807, 2.05) is 13.0 Å². The third-order valence-electron chi connectivity index (χ3n) is 7.09. The molecule has 0 spiro atoms. The summed E-state index contributed by atoms with van der Waals surface area (Å²) >= 11 is 0. The summed E-state index contributed by atoms with van der Waals surface area (Å²) in [5, 5.41) is 0.0512. The van der Waals surface area contributed by atoms with Gasteiger partial charge in [0.1, 0.15) is 6.61 Å². The fourth-order valence-corrected chi connectivity index (χ4v) is 5.46. The highest BCUT2D eigenvalue weighted by Gasteiger charge is 2.44. The summed E-state index contributed by atoms with van der Waals surface area (Å²) in [7, 11) is -2.03. The Morgan fingerprint density at radius 2 is 1.76 bits per heavy atom. The molecule has 7 nitrogen and oxygen atoms in total. The predicted molar refractivity (Wildman–Crippen MR) is 134 cm³/mol. The number of nitrogens with zero attached hydrogens (tertiary/aromatic N) is 2. The number of rotatable bonds is 7. The lowest BCUT2D eigenvalue weighted by molar-refractivity contribution is 0.0670. The number of carbonyl (C=O) groups is 3. The highest BCUT2D eigenvalue weighted by Crippen LogP contribution is 2.39. The molecule has 2 aliphatic heterocycles. The Morgan fingerprint density at radius 1 is 1.18 bits per heavy atom. The molecule has 184 valence electrons. The van der Waals surface area contributed by atoms with Gasteiger partial charge >= 0.3 is 6.09 Å². The zero-order valence-corrected chi connectivity index (χ0v) is 22.1. The van der Waals surface area contributed by atoms with Crippen molar-refractivity contribution in [3.05, 3.63) is 59.7 Å². The standard InChI is InChI=1S/C26H36N2O5Si/c1-8-15-32-25(31)28-17-19(33-34(6,7)26(3,4)5)16-22(28)18(2)13-14-27-23(29)20-11-9-10-12-21(20)24(27)30/h8-13,19,22H,1,14-17H2,2-7H3. The van der Waals surface area contributed by atoms with Gasteiger partial charge in [0, 0.05) is 13.1 Å². The molecule has 1 aromatic rings. The maximum atomic E-state index is 12.8. The number of imide groups is 1. The first-order valence-corrected chi connectivity index (χ1v) is 14.6. The number of amides is 3. The predicted octanol–water partition coefficient (Wildman–Crippen LogP) is 5.02. The second-order valence-electron chi connectivity index (χ2n) is 10.5. The molecule has 1 fully saturated rings. The number of benzene rings is 1. The summed E-state index contributed by atoms with van der Waals surface area (Å²) in [5.74, 6) is -0.588. The van der Waals surface area contributed by atoms with Gasteiger partial charge in [0.15, 0.2) is 8.32 Å². The van der Waals surface area contributed by atoms with Gasteiger partial charge < -0.3 is 9.16 Å². The van der Waals surface area contributed by atoms with Crippen LogP contribution in [0, 0.1) is 0 Å². The molecular formula is C26H36N2O5Si. The van der Waals surface area contributed by atoms with Crippen LogP contribution in [0.2, 0.25) is 18.1 Å². The molecule has 3 amide bonds. The normalized spacial score (nSPS) is 21.2. The summed E-state index contributed by atoms with van der Waals surface area (Å²) in [5.41, 5.74) is 1.75. The van der Waals surface area contributed by atoms with E-state index in [1.54, 1.807) is 29.2 Å². The van der Waals surface area contributed by atoms with Gasteiger partial charge in [-0.15, -0.1) is 0 Å². The lowest BCUT2D eigenvalue weighted by Crippen LogP contribution is -2.44. The fourth-order valence-electron chi connectivity index (χ4n) is 4.10. The molecule has 0 aromatic heterocycles. The van der Waals surface area contributed by atoms with Crippen LogP contribution in [-0.4, -0.2) is 67.9 Å². The average Bonchev–Trinajstić information content (AvgIpc) is 3.29. The van der Waals surface area contributed by atoms with E-state index in [9.17, 15) is 14.4 Å². The van der Waals surface area contributed by atoms with Crippen LogP contribution in [0.3, 0.4) is 0 Å². The van der Waals surface area contributed by atoms with Crippen LogP contribution in [-0.2, 0) is 9.16 Å². The van der Waals surface area contributed by atoms with Gasteiger partial charge in [0.25, 0.3) is 11.8 Å². The molecule has 0 saturated carbocycles. The van der Waals surface area contributed by atoms with E-state index in [4.69, 9.17) is 9.16 Å². The largest absolute Gasteiger partial charge is 0.445 e. The van der Waals surface area contributed by atoms with Crippen LogP contribution >= 0.6 is 0 Å². The maximum absolute atomic E-state index is 12.8. The summed E-state index contributed by atoms with van der Waals surface area (Å²) in [6.45, 7) is 17.2. The lowest BCUT2D eigenvalue weighted by Gasteiger charge is -2.38. The molecule has 3 rings (SSSR count). The molecule has 1 saturated heterocycles. The van der Waals surface area contributed by atoms with Crippen molar-refractivity contribution in [3.8, 4) is 0 Å². The average molecular weight is 485 g/mol. The van der Waals surface area contributed by atoms with E-state index in [1.165, 1.54) is 11.0 Å². The van der Waals surface area contributed by atoms with Gasteiger partial charge in [-0.25, -0.2) is 4.79 Å². The van der Waals surface area contributed by atoms with Crippen LogP contribution < -0.4 is 0 Å². The Labute approximate surface area is 203 Å². The molecule has 2 unspecified atom stereocenters. The molecule has 2 heterocycles. The van der Waals surface area contributed by atoms with Gasteiger partial charge in [0.05, 0.1) is 23.3 Å². The third kappa shape index (κ3) is 5.18. The molecule has 34 heavy (non-hydrogen) atoms. The SMILES string of the molecule is C=CCOC(=O)N1CC(O[Si](C)(C)C(C)(C)C)CC1C(C)=CCN1C(=O)c2ccccc2C1=O.